The first-order chi connectivity index (χ1) is 13.0. The molecule has 0 saturated heterocycles. The number of hydrogen-bond acceptors (Lipinski definition) is 5. The smallest absolute Gasteiger partial charge is 0.273 e. The first kappa shape index (κ1) is 17.6. The van der Waals surface area contributed by atoms with Crippen LogP contribution in [0.25, 0.3) is 26.0 Å². The minimum absolute atomic E-state index is 0.191. The van der Waals surface area contributed by atoms with E-state index in [9.17, 15) is 9.18 Å². The maximum atomic E-state index is 14.7. The van der Waals surface area contributed by atoms with E-state index in [0.29, 0.717) is 4.70 Å². The van der Waals surface area contributed by atoms with Crippen molar-refractivity contribution in [2.24, 2.45) is 0 Å². The number of anilines is 1. The number of nitrogens with zero attached hydrogens (tertiary/aromatic N) is 3. The van der Waals surface area contributed by atoms with Crippen LogP contribution >= 0.6 is 11.3 Å². The fraction of sp³-hybridized carbons (Fsp3) is 0.200. The Labute approximate surface area is 159 Å². The number of rotatable bonds is 3. The van der Waals surface area contributed by atoms with Gasteiger partial charge in [0.15, 0.2) is 0 Å². The highest BCUT2D eigenvalue weighted by molar-refractivity contribution is 7.25. The number of pyridine rings is 2. The Hall–Kier alpha value is -2.77. The van der Waals surface area contributed by atoms with Crippen molar-refractivity contribution in [2.75, 3.05) is 26.1 Å². The van der Waals surface area contributed by atoms with Gasteiger partial charge >= 0.3 is 0 Å². The maximum Gasteiger partial charge on any atom is 0.273 e. The molecule has 7 heteroatoms. The van der Waals surface area contributed by atoms with Crippen LogP contribution in [0.1, 0.15) is 0 Å². The van der Waals surface area contributed by atoms with E-state index < -0.39 is 11.9 Å². The molecule has 0 amide bonds. The van der Waals surface area contributed by atoms with E-state index in [1.165, 1.54) is 29.1 Å². The van der Waals surface area contributed by atoms with E-state index in [0.717, 1.165) is 21.3 Å². The predicted molar refractivity (Wildman–Crippen MR) is 109 cm³/mol. The molecule has 0 fully saturated rings. The highest BCUT2D eigenvalue weighted by Crippen LogP contribution is 2.36. The van der Waals surface area contributed by atoms with Crippen LogP contribution in [0.3, 0.4) is 0 Å². The van der Waals surface area contributed by atoms with Crippen LogP contribution in [0.4, 0.5) is 10.1 Å². The summed E-state index contributed by atoms with van der Waals surface area (Å²) in [5.41, 5.74) is 0.921. The number of thiophene rings is 1. The summed E-state index contributed by atoms with van der Waals surface area (Å²) < 4.78 is 21.7. The molecular formula is C20H18FN3O2S. The highest BCUT2D eigenvalue weighted by atomic mass is 32.1. The number of allylic oxidation sites excluding steroid dienone is 4. The molecule has 0 aliphatic heterocycles. The third-order valence-electron chi connectivity index (χ3n) is 4.53. The van der Waals surface area contributed by atoms with E-state index in [4.69, 9.17) is 4.74 Å². The van der Waals surface area contributed by atoms with Crippen LogP contribution in [0.2, 0.25) is 0 Å². The zero-order valence-corrected chi connectivity index (χ0v) is 16.0. The fourth-order valence-corrected chi connectivity index (χ4v) is 4.29. The molecule has 1 unspecified atom stereocenters. The second-order valence-corrected chi connectivity index (χ2v) is 7.39. The van der Waals surface area contributed by atoms with E-state index in [1.54, 1.807) is 30.6 Å². The van der Waals surface area contributed by atoms with Gasteiger partial charge in [-0.25, -0.2) is 9.37 Å². The first-order valence-corrected chi connectivity index (χ1v) is 9.22. The van der Waals surface area contributed by atoms with E-state index in [2.05, 4.69) is 4.98 Å². The van der Waals surface area contributed by atoms with Gasteiger partial charge in [-0.3, -0.25) is 9.36 Å². The Bertz CT molecular complexity index is 1190. The van der Waals surface area contributed by atoms with Gasteiger partial charge < -0.3 is 9.64 Å². The number of ether oxygens (including phenoxy) is 1. The van der Waals surface area contributed by atoms with Crippen LogP contribution in [-0.4, -0.2) is 36.9 Å². The number of fused-ring (bicyclic) bond motifs is 3. The van der Waals surface area contributed by atoms with Gasteiger partial charge in [0.25, 0.3) is 5.56 Å². The first-order valence-electron chi connectivity index (χ1n) is 8.41. The Morgan fingerprint density at radius 3 is 2.89 bits per heavy atom. The molecule has 0 bridgehead atoms. The summed E-state index contributed by atoms with van der Waals surface area (Å²) in [7, 11) is 5.41. The lowest BCUT2D eigenvalue weighted by Crippen LogP contribution is -2.18. The van der Waals surface area contributed by atoms with E-state index in [1.807, 2.05) is 31.1 Å². The quantitative estimate of drug-likeness (QED) is 0.687. The average molecular weight is 383 g/mol. The summed E-state index contributed by atoms with van der Waals surface area (Å²) in [5.74, 6) is -0.499. The number of hydrogen-bond donors (Lipinski definition) is 0. The SMILES string of the molecule is COC1C=CC=C(n2ccc3c(sc4nccc(N(C)C)c43)c2=O)C(F)=C1. The lowest BCUT2D eigenvalue weighted by Gasteiger charge is -2.13. The summed E-state index contributed by atoms with van der Waals surface area (Å²) in [5, 5.41) is 1.77. The molecule has 3 aromatic rings. The lowest BCUT2D eigenvalue weighted by atomic mass is 10.2. The number of halogens is 1. The molecule has 0 N–H and O–H groups in total. The van der Waals surface area contributed by atoms with Crippen molar-refractivity contribution >= 4 is 43.0 Å². The van der Waals surface area contributed by atoms with Crippen molar-refractivity contribution in [3.63, 3.8) is 0 Å². The van der Waals surface area contributed by atoms with Gasteiger partial charge in [0, 0.05) is 50.1 Å². The van der Waals surface area contributed by atoms with Crippen molar-refractivity contribution in [3.05, 3.63) is 65.0 Å². The Morgan fingerprint density at radius 2 is 2.15 bits per heavy atom. The van der Waals surface area contributed by atoms with Crippen LogP contribution in [-0.2, 0) is 4.74 Å². The van der Waals surface area contributed by atoms with Crippen LogP contribution in [0.5, 0.6) is 0 Å². The van der Waals surface area contributed by atoms with Crippen molar-refractivity contribution in [1.29, 1.82) is 0 Å². The second kappa shape index (κ2) is 6.75. The minimum Gasteiger partial charge on any atom is -0.377 e. The largest absolute Gasteiger partial charge is 0.377 e. The summed E-state index contributed by atoms with van der Waals surface area (Å²) in [6.45, 7) is 0. The highest BCUT2D eigenvalue weighted by Gasteiger charge is 2.18. The predicted octanol–water partition coefficient (Wildman–Crippen LogP) is 3.96. The summed E-state index contributed by atoms with van der Waals surface area (Å²) in [4.78, 5) is 20.3. The molecule has 138 valence electrons. The summed E-state index contributed by atoms with van der Waals surface area (Å²) in [6.07, 6.45) is 9.23. The molecule has 3 aromatic heterocycles. The topological polar surface area (TPSA) is 47.4 Å². The maximum absolute atomic E-state index is 14.7. The standard InChI is InChI=1S/C20H18FN3O2S/c1-23(2)16-7-9-22-19-17(16)13-8-10-24(20(25)18(13)27-19)15-6-4-5-12(26-3)11-14(15)21/h4-12H,1-3H3. The van der Waals surface area contributed by atoms with Gasteiger partial charge in [-0.1, -0.05) is 12.2 Å². The molecule has 5 nitrogen and oxygen atoms in total. The molecule has 0 saturated carbocycles. The molecular weight excluding hydrogens is 365 g/mol. The van der Waals surface area contributed by atoms with Gasteiger partial charge in [0.2, 0.25) is 0 Å². The average Bonchev–Trinajstić information content (AvgIpc) is 2.94. The Kier molecular flexibility index (Phi) is 4.41. The lowest BCUT2D eigenvalue weighted by molar-refractivity contribution is 0.176. The van der Waals surface area contributed by atoms with E-state index >= 15 is 0 Å². The Morgan fingerprint density at radius 1 is 1.33 bits per heavy atom. The minimum atomic E-state index is -0.499. The zero-order valence-electron chi connectivity index (χ0n) is 15.1. The monoisotopic (exact) mass is 383 g/mol. The van der Waals surface area contributed by atoms with Crippen molar-refractivity contribution in [2.45, 2.75) is 6.10 Å². The third-order valence-corrected chi connectivity index (χ3v) is 5.64. The molecule has 27 heavy (non-hydrogen) atoms. The summed E-state index contributed by atoms with van der Waals surface area (Å²) >= 11 is 1.33. The van der Waals surface area contributed by atoms with Crippen LogP contribution in [0, 0.1) is 0 Å². The van der Waals surface area contributed by atoms with Crippen LogP contribution < -0.4 is 10.5 Å². The van der Waals surface area contributed by atoms with Gasteiger partial charge in [-0.05, 0) is 24.3 Å². The zero-order chi connectivity index (χ0) is 19.1. The van der Waals surface area contributed by atoms with Crippen molar-refractivity contribution in [1.82, 2.24) is 9.55 Å². The summed E-state index contributed by atoms with van der Waals surface area (Å²) in [6, 6.07) is 3.77. The number of aromatic nitrogens is 2. The fourth-order valence-electron chi connectivity index (χ4n) is 3.20. The molecule has 3 heterocycles. The van der Waals surface area contributed by atoms with Gasteiger partial charge in [-0.15, -0.1) is 11.3 Å². The second-order valence-electron chi connectivity index (χ2n) is 6.39. The van der Waals surface area contributed by atoms with Crippen molar-refractivity contribution in [3.8, 4) is 0 Å². The van der Waals surface area contributed by atoms with Gasteiger partial charge in [0.05, 0.1) is 11.8 Å². The Balaban J connectivity index is 1.96. The van der Waals surface area contributed by atoms with Gasteiger partial charge in [-0.2, -0.15) is 0 Å². The molecule has 0 spiro atoms. The number of methoxy groups -OCH3 is 1. The molecule has 4 rings (SSSR count). The van der Waals surface area contributed by atoms with Crippen molar-refractivity contribution < 1.29 is 9.13 Å². The molecule has 1 aliphatic rings. The molecule has 0 radical (unpaired) electrons. The normalized spacial score (nSPS) is 17.1. The van der Waals surface area contributed by atoms with E-state index in [-0.39, 0.29) is 11.3 Å². The van der Waals surface area contributed by atoms with Crippen LogP contribution in [0.15, 0.2) is 59.5 Å². The van der Waals surface area contributed by atoms with Gasteiger partial charge in [0.1, 0.15) is 15.4 Å². The molecule has 1 aliphatic carbocycles. The molecule has 1 atom stereocenters. The third kappa shape index (κ3) is 2.89. The molecule has 0 aromatic carbocycles.